The molecule has 2 aromatic carbocycles. The quantitative estimate of drug-likeness (QED) is 0.763. The highest BCUT2D eigenvalue weighted by atomic mass is 19.1. The number of hydrogen-bond donors (Lipinski definition) is 1. The van der Waals surface area contributed by atoms with Crippen LogP contribution in [-0.2, 0) is 9.53 Å². The van der Waals surface area contributed by atoms with Crippen LogP contribution in [0.15, 0.2) is 36.4 Å². The van der Waals surface area contributed by atoms with E-state index in [2.05, 4.69) is 0 Å². The molecule has 1 amide bonds. The van der Waals surface area contributed by atoms with Gasteiger partial charge in [0.05, 0.1) is 19.3 Å². The summed E-state index contributed by atoms with van der Waals surface area (Å²) in [6.45, 7) is 1.52. The summed E-state index contributed by atoms with van der Waals surface area (Å²) in [7, 11) is 1.42. The number of rotatable bonds is 7. The highest BCUT2D eigenvalue weighted by Gasteiger charge is 2.16. The number of halogens is 2. The molecule has 0 aliphatic rings. The number of benzene rings is 2. The highest BCUT2D eigenvalue weighted by Crippen LogP contribution is 2.28. The van der Waals surface area contributed by atoms with E-state index in [-0.39, 0.29) is 5.56 Å². The average Bonchev–Trinajstić information content (AvgIpc) is 2.63. The highest BCUT2D eigenvalue weighted by molar-refractivity contribution is 5.95. The maximum atomic E-state index is 13.5. The Bertz CT molecular complexity index is 790. The third-order valence-corrected chi connectivity index (χ3v) is 3.26. The van der Waals surface area contributed by atoms with Crippen LogP contribution >= 0.6 is 0 Å². The Hall–Kier alpha value is -3.16. The first-order chi connectivity index (χ1) is 12.5. The molecule has 1 N–H and O–H groups in total. The predicted molar refractivity (Wildman–Crippen MR) is 89.4 cm³/mol. The van der Waals surface area contributed by atoms with Gasteiger partial charge in [-0.25, -0.2) is 13.6 Å². The molecule has 0 saturated carbocycles. The van der Waals surface area contributed by atoms with Crippen molar-refractivity contribution in [2.24, 2.45) is 0 Å². The number of ether oxygens (including phenoxy) is 3. The Balaban J connectivity index is 1.99. The lowest BCUT2D eigenvalue weighted by Gasteiger charge is -2.11. The molecule has 0 unspecified atom stereocenters. The molecule has 0 aliphatic heterocycles. The van der Waals surface area contributed by atoms with Crippen molar-refractivity contribution in [2.45, 2.75) is 6.92 Å². The fraction of sp³-hybridized carbons (Fsp3) is 0.222. The minimum absolute atomic E-state index is 0.134. The van der Waals surface area contributed by atoms with Crippen LogP contribution < -0.4 is 14.8 Å². The minimum Gasteiger partial charge on any atom is -0.493 e. The van der Waals surface area contributed by atoms with Crippen LogP contribution in [0.1, 0.15) is 17.3 Å². The van der Waals surface area contributed by atoms with Crippen LogP contribution in [0.2, 0.25) is 0 Å². The summed E-state index contributed by atoms with van der Waals surface area (Å²) in [4.78, 5) is 23.8. The van der Waals surface area contributed by atoms with Crippen LogP contribution in [-0.4, -0.2) is 32.2 Å². The first-order valence-corrected chi connectivity index (χ1v) is 7.68. The molecular formula is C18H17F2NO5. The van der Waals surface area contributed by atoms with E-state index in [1.165, 1.54) is 31.4 Å². The number of amides is 1. The zero-order valence-electron chi connectivity index (χ0n) is 14.2. The lowest BCUT2D eigenvalue weighted by atomic mass is 10.2. The van der Waals surface area contributed by atoms with Crippen molar-refractivity contribution in [1.29, 1.82) is 0 Å². The van der Waals surface area contributed by atoms with Crippen LogP contribution in [0.25, 0.3) is 0 Å². The number of hydrogen-bond acceptors (Lipinski definition) is 5. The maximum Gasteiger partial charge on any atom is 0.338 e. The average molecular weight is 365 g/mol. The predicted octanol–water partition coefficient (Wildman–Crippen LogP) is 3.17. The molecule has 0 radical (unpaired) electrons. The monoisotopic (exact) mass is 365 g/mol. The number of para-hydroxylation sites is 1. The molecular weight excluding hydrogens is 348 g/mol. The molecule has 0 fully saturated rings. The number of nitrogens with one attached hydrogen (secondary N) is 1. The molecule has 0 bridgehead atoms. The molecule has 0 atom stereocenters. The largest absolute Gasteiger partial charge is 0.493 e. The SMILES string of the molecule is CCOc1ccc(C(=O)OCC(=O)Nc2c(F)cccc2F)cc1OC. The third kappa shape index (κ3) is 4.69. The van der Waals surface area contributed by atoms with E-state index in [0.29, 0.717) is 18.1 Å². The van der Waals surface area contributed by atoms with Crippen molar-refractivity contribution >= 4 is 17.6 Å². The van der Waals surface area contributed by atoms with E-state index < -0.39 is 35.8 Å². The van der Waals surface area contributed by atoms with Gasteiger partial charge in [0.1, 0.15) is 17.3 Å². The number of esters is 1. The summed E-state index contributed by atoms with van der Waals surface area (Å²) in [6.07, 6.45) is 0. The van der Waals surface area contributed by atoms with E-state index in [9.17, 15) is 18.4 Å². The van der Waals surface area contributed by atoms with Gasteiger partial charge < -0.3 is 19.5 Å². The number of carbonyl (C=O) groups is 2. The van der Waals surface area contributed by atoms with Gasteiger partial charge in [-0.1, -0.05) is 6.07 Å². The fourth-order valence-corrected chi connectivity index (χ4v) is 2.08. The van der Waals surface area contributed by atoms with E-state index in [1.54, 1.807) is 6.92 Å². The van der Waals surface area contributed by atoms with Gasteiger partial charge in [0, 0.05) is 0 Å². The second-order valence-corrected chi connectivity index (χ2v) is 5.02. The van der Waals surface area contributed by atoms with Crippen molar-refractivity contribution in [3.8, 4) is 11.5 Å². The van der Waals surface area contributed by atoms with Crippen molar-refractivity contribution < 1.29 is 32.6 Å². The van der Waals surface area contributed by atoms with Crippen LogP contribution in [0.5, 0.6) is 11.5 Å². The first kappa shape index (κ1) is 19.2. The lowest BCUT2D eigenvalue weighted by Crippen LogP contribution is -2.22. The number of carbonyl (C=O) groups excluding carboxylic acids is 2. The molecule has 138 valence electrons. The Morgan fingerprint density at radius 3 is 2.38 bits per heavy atom. The Kier molecular flexibility index (Phi) is 6.48. The molecule has 0 saturated heterocycles. The first-order valence-electron chi connectivity index (χ1n) is 7.68. The van der Waals surface area contributed by atoms with E-state index in [1.807, 2.05) is 5.32 Å². The smallest absolute Gasteiger partial charge is 0.338 e. The fourth-order valence-electron chi connectivity index (χ4n) is 2.08. The van der Waals surface area contributed by atoms with Gasteiger partial charge in [0.2, 0.25) is 0 Å². The summed E-state index contributed by atoms with van der Waals surface area (Å²) in [5.74, 6) is -2.74. The molecule has 0 aliphatic carbocycles. The van der Waals surface area contributed by atoms with Crippen molar-refractivity contribution in [1.82, 2.24) is 0 Å². The van der Waals surface area contributed by atoms with E-state index in [4.69, 9.17) is 14.2 Å². The van der Waals surface area contributed by atoms with Crippen molar-refractivity contribution in [3.63, 3.8) is 0 Å². The summed E-state index contributed by atoms with van der Waals surface area (Å²) in [5, 5.41) is 2.02. The lowest BCUT2D eigenvalue weighted by molar-refractivity contribution is -0.119. The summed E-state index contributed by atoms with van der Waals surface area (Å²) < 4.78 is 42.3. The van der Waals surface area contributed by atoms with E-state index in [0.717, 1.165) is 12.1 Å². The molecule has 0 heterocycles. The third-order valence-electron chi connectivity index (χ3n) is 3.26. The van der Waals surface area contributed by atoms with Crippen molar-refractivity contribution in [3.05, 3.63) is 53.6 Å². The van der Waals surface area contributed by atoms with Gasteiger partial charge in [-0.2, -0.15) is 0 Å². The van der Waals surface area contributed by atoms with Gasteiger partial charge in [-0.05, 0) is 37.3 Å². The van der Waals surface area contributed by atoms with E-state index >= 15 is 0 Å². The molecule has 2 aromatic rings. The van der Waals surface area contributed by atoms with Gasteiger partial charge in [0.25, 0.3) is 5.91 Å². The second-order valence-electron chi connectivity index (χ2n) is 5.02. The topological polar surface area (TPSA) is 73.9 Å². The minimum atomic E-state index is -0.930. The molecule has 2 rings (SSSR count). The summed E-state index contributed by atoms with van der Waals surface area (Å²) in [5.41, 5.74) is -0.466. The molecule has 6 nitrogen and oxygen atoms in total. The number of anilines is 1. The van der Waals surface area contributed by atoms with Crippen LogP contribution in [0.4, 0.5) is 14.5 Å². The van der Waals surface area contributed by atoms with Crippen LogP contribution in [0, 0.1) is 11.6 Å². The number of methoxy groups -OCH3 is 1. The Labute approximate surface area is 148 Å². The molecule has 26 heavy (non-hydrogen) atoms. The second kappa shape index (κ2) is 8.80. The standard InChI is InChI=1S/C18H17F2NO5/c1-3-25-14-8-7-11(9-15(14)24-2)18(23)26-10-16(22)21-17-12(19)5-4-6-13(17)20/h4-9H,3,10H2,1-2H3,(H,21,22). The van der Waals surface area contributed by atoms with Crippen LogP contribution in [0.3, 0.4) is 0 Å². The van der Waals surface area contributed by atoms with Gasteiger partial charge >= 0.3 is 5.97 Å². The normalized spacial score (nSPS) is 10.2. The Morgan fingerprint density at radius 2 is 1.77 bits per heavy atom. The van der Waals surface area contributed by atoms with Gasteiger partial charge in [0.15, 0.2) is 18.1 Å². The molecule has 8 heteroatoms. The Morgan fingerprint density at radius 1 is 1.08 bits per heavy atom. The van der Waals surface area contributed by atoms with Gasteiger partial charge in [-0.15, -0.1) is 0 Å². The van der Waals surface area contributed by atoms with Crippen molar-refractivity contribution in [2.75, 3.05) is 25.6 Å². The molecule has 0 aromatic heterocycles. The van der Waals surface area contributed by atoms with Gasteiger partial charge in [-0.3, -0.25) is 4.79 Å². The summed E-state index contributed by atoms with van der Waals surface area (Å²) in [6, 6.07) is 7.55. The summed E-state index contributed by atoms with van der Waals surface area (Å²) >= 11 is 0. The molecule has 0 spiro atoms. The zero-order chi connectivity index (χ0) is 19.1. The zero-order valence-corrected chi connectivity index (χ0v) is 14.2. The maximum absolute atomic E-state index is 13.5.